The molecule has 6 heteroatoms. The van der Waals surface area contributed by atoms with E-state index in [1.165, 1.54) is 17.0 Å². The molecular weight excluding hydrogens is 254 g/mol. The van der Waals surface area contributed by atoms with Crippen LogP contribution in [0.5, 0.6) is 5.75 Å². The summed E-state index contributed by atoms with van der Waals surface area (Å²) in [5.74, 6) is -0.981. The van der Waals surface area contributed by atoms with Gasteiger partial charge in [-0.1, -0.05) is 6.07 Å². The molecule has 0 radical (unpaired) electrons. The maximum atomic E-state index is 11.9. The molecule has 0 aliphatic rings. The van der Waals surface area contributed by atoms with Crippen LogP contribution in [0.1, 0.15) is 12.5 Å². The summed E-state index contributed by atoms with van der Waals surface area (Å²) in [4.78, 5) is 13.3. The summed E-state index contributed by atoms with van der Waals surface area (Å²) in [5.41, 5.74) is 1.34. The summed E-state index contributed by atoms with van der Waals surface area (Å²) in [6.45, 7) is 3.90. The van der Waals surface area contributed by atoms with Crippen molar-refractivity contribution in [2.24, 2.45) is 0 Å². The highest BCUT2D eigenvalue weighted by atomic mass is 32.2. The molecule has 0 saturated carbocycles. The fraction of sp³-hybridized carbons (Fsp3) is 0.417. The molecular formula is C12H17NO4S. The normalized spacial score (nSPS) is 11.3. The molecule has 0 heterocycles. The number of hydrogen-bond donors (Lipinski definition) is 1. The van der Waals surface area contributed by atoms with E-state index in [1.807, 2.05) is 0 Å². The van der Waals surface area contributed by atoms with Crippen LogP contribution in [0.25, 0.3) is 0 Å². The van der Waals surface area contributed by atoms with Gasteiger partial charge in [-0.25, -0.2) is 8.42 Å². The number of phenolic OH excluding ortho intramolecular Hbond substituents is 1. The number of hydrogen-bond acceptors (Lipinski definition) is 4. The molecule has 0 spiro atoms. The summed E-state index contributed by atoms with van der Waals surface area (Å²) in [6.07, 6.45) is 1.02. The van der Waals surface area contributed by atoms with Crippen molar-refractivity contribution in [3.8, 4) is 5.75 Å². The standard InChI is InChI=1S/C12H17NO4S/c1-4-13(12(15)8-18(3,16)17)11-7-10(14)6-5-9(11)2/h5-7,14H,4,8H2,1-3H3. The predicted octanol–water partition coefficient (Wildman–Crippen LogP) is 1.10. The average molecular weight is 271 g/mol. The molecule has 1 N–H and O–H groups in total. The minimum atomic E-state index is -3.36. The van der Waals surface area contributed by atoms with Crippen molar-refractivity contribution in [2.45, 2.75) is 13.8 Å². The number of carbonyl (C=O) groups is 1. The van der Waals surface area contributed by atoms with E-state index in [0.717, 1.165) is 11.8 Å². The first-order valence-electron chi connectivity index (χ1n) is 5.52. The largest absolute Gasteiger partial charge is 0.508 e. The van der Waals surface area contributed by atoms with Gasteiger partial charge in [0.25, 0.3) is 0 Å². The lowest BCUT2D eigenvalue weighted by atomic mass is 10.1. The Hall–Kier alpha value is -1.56. The van der Waals surface area contributed by atoms with Crippen molar-refractivity contribution >= 4 is 21.4 Å². The van der Waals surface area contributed by atoms with E-state index >= 15 is 0 Å². The Morgan fingerprint density at radius 3 is 2.50 bits per heavy atom. The number of carbonyl (C=O) groups excluding carboxylic acids is 1. The van der Waals surface area contributed by atoms with Crippen molar-refractivity contribution < 1.29 is 18.3 Å². The highest BCUT2D eigenvalue weighted by Crippen LogP contribution is 2.25. The molecule has 0 unspecified atom stereocenters. The number of aromatic hydroxyl groups is 1. The van der Waals surface area contributed by atoms with E-state index in [1.54, 1.807) is 19.9 Å². The van der Waals surface area contributed by atoms with Crippen molar-refractivity contribution in [3.63, 3.8) is 0 Å². The molecule has 0 saturated heterocycles. The van der Waals surface area contributed by atoms with Gasteiger partial charge < -0.3 is 10.0 Å². The van der Waals surface area contributed by atoms with Gasteiger partial charge in [-0.05, 0) is 25.5 Å². The molecule has 0 fully saturated rings. The minimum Gasteiger partial charge on any atom is -0.508 e. The van der Waals surface area contributed by atoms with Crippen LogP contribution in [-0.2, 0) is 14.6 Å². The first-order valence-corrected chi connectivity index (χ1v) is 7.58. The van der Waals surface area contributed by atoms with E-state index in [-0.39, 0.29) is 5.75 Å². The summed E-state index contributed by atoms with van der Waals surface area (Å²) < 4.78 is 22.3. The quantitative estimate of drug-likeness (QED) is 0.889. The number of amides is 1. The van der Waals surface area contributed by atoms with Crippen LogP contribution in [0.4, 0.5) is 5.69 Å². The maximum Gasteiger partial charge on any atom is 0.242 e. The van der Waals surface area contributed by atoms with E-state index < -0.39 is 21.5 Å². The molecule has 0 bridgehead atoms. The molecule has 0 aliphatic carbocycles. The fourth-order valence-electron chi connectivity index (χ4n) is 1.67. The number of rotatable bonds is 4. The zero-order valence-electron chi connectivity index (χ0n) is 10.7. The third-order valence-electron chi connectivity index (χ3n) is 2.49. The summed E-state index contributed by atoms with van der Waals surface area (Å²) in [5, 5.41) is 9.44. The van der Waals surface area contributed by atoms with Gasteiger partial charge in [0.1, 0.15) is 11.5 Å². The van der Waals surface area contributed by atoms with Crippen LogP contribution in [0.15, 0.2) is 18.2 Å². The van der Waals surface area contributed by atoms with Crippen LogP contribution >= 0.6 is 0 Å². The molecule has 100 valence electrons. The van der Waals surface area contributed by atoms with Crippen LogP contribution in [0, 0.1) is 6.92 Å². The summed E-state index contributed by atoms with van der Waals surface area (Å²) >= 11 is 0. The van der Waals surface area contributed by atoms with Gasteiger partial charge in [0.2, 0.25) is 5.91 Å². The van der Waals surface area contributed by atoms with Crippen LogP contribution in [0.3, 0.4) is 0 Å². The Balaban J connectivity index is 3.10. The van der Waals surface area contributed by atoms with E-state index in [4.69, 9.17) is 0 Å². The predicted molar refractivity (Wildman–Crippen MR) is 70.6 cm³/mol. The number of anilines is 1. The van der Waals surface area contributed by atoms with Gasteiger partial charge in [0.05, 0.1) is 5.69 Å². The Labute approximate surface area is 107 Å². The van der Waals surface area contributed by atoms with E-state index in [9.17, 15) is 18.3 Å². The molecule has 0 aliphatic heterocycles. The smallest absolute Gasteiger partial charge is 0.242 e. The Morgan fingerprint density at radius 2 is 2.00 bits per heavy atom. The highest BCUT2D eigenvalue weighted by molar-refractivity contribution is 7.91. The fourth-order valence-corrected chi connectivity index (χ4v) is 2.28. The van der Waals surface area contributed by atoms with Gasteiger partial charge >= 0.3 is 0 Å². The second-order valence-electron chi connectivity index (χ2n) is 4.18. The third kappa shape index (κ3) is 3.73. The number of sulfone groups is 1. The molecule has 0 aromatic heterocycles. The Bertz CT molecular complexity index is 551. The summed E-state index contributed by atoms with van der Waals surface area (Å²) in [6, 6.07) is 4.66. The van der Waals surface area contributed by atoms with Crippen LogP contribution in [0.2, 0.25) is 0 Å². The van der Waals surface area contributed by atoms with E-state index in [0.29, 0.717) is 12.2 Å². The molecule has 1 aromatic carbocycles. The van der Waals surface area contributed by atoms with Gasteiger partial charge in [0, 0.05) is 18.9 Å². The molecule has 18 heavy (non-hydrogen) atoms. The first-order chi connectivity index (χ1) is 8.24. The zero-order chi connectivity index (χ0) is 13.9. The van der Waals surface area contributed by atoms with Crippen molar-refractivity contribution in [2.75, 3.05) is 23.5 Å². The number of phenols is 1. The molecule has 1 rings (SSSR count). The van der Waals surface area contributed by atoms with Gasteiger partial charge in [-0.3, -0.25) is 4.79 Å². The van der Waals surface area contributed by atoms with Gasteiger partial charge in [0.15, 0.2) is 9.84 Å². The molecule has 5 nitrogen and oxygen atoms in total. The van der Waals surface area contributed by atoms with Gasteiger partial charge in [-0.2, -0.15) is 0 Å². The third-order valence-corrected chi connectivity index (χ3v) is 3.26. The lowest BCUT2D eigenvalue weighted by Gasteiger charge is -2.22. The van der Waals surface area contributed by atoms with Crippen molar-refractivity contribution in [3.05, 3.63) is 23.8 Å². The average Bonchev–Trinajstić information content (AvgIpc) is 2.21. The topological polar surface area (TPSA) is 74.7 Å². The monoisotopic (exact) mass is 271 g/mol. The second kappa shape index (κ2) is 5.39. The minimum absolute atomic E-state index is 0.0428. The van der Waals surface area contributed by atoms with Crippen molar-refractivity contribution in [1.29, 1.82) is 0 Å². The second-order valence-corrected chi connectivity index (χ2v) is 6.32. The van der Waals surface area contributed by atoms with Crippen LogP contribution < -0.4 is 4.90 Å². The lowest BCUT2D eigenvalue weighted by Crippen LogP contribution is -2.35. The number of aryl methyl sites for hydroxylation is 1. The zero-order valence-corrected chi connectivity index (χ0v) is 11.5. The number of benzene rings is 1. The SMILES string of the molecule is CCN(C(=O)CS(C)(=O)=O)c1cc(O)ccc1C. The van der Waals surface area contributed by atoms with Gasteiger partial charge in [-0.15, -0.1) is 0 Å². The highest BCUT2D eigenvalue weighted by Gasteiger charge is 2.20. The Kier molecular flexibility index (Phi) is 4.34. The molecule has 1 aromatic rings. The van der Waals surface area contributed by atoms with Crippen LogP contribution in [-0.4, -0.2) is 38.0 Å². The number of nitrogens with zero attached hydrogens (tertiary/aromatic N) is 1. The molecule has 0 atom stereocenters. The first kappa shape index (κ1) is 14.5. The van der Waals surface area contributed by atoms with E-state index in [2.05, 4.69) is 0 Å². The molecule has 1 amide bonds. The van der Waals surface area contributed by atoms with Crippen molar-refractivity contribution in [1.82, 2.24) is 0 Å². The maximum absolute atomic E-state index is 11.9. The Morgan fingerprint density at radius 1 is 1.39 bits per heavy atom. The summed E-state index contributed by atoms with van der Waals surface area (Å²) in [7, 11) is -3.36. The lowest BCUT2D eigenvalue weighted by molar-refractivity contribution is -0.116.